The van der Waals surface area contributed by atoms with Crippen LogP contribution >= 0.6 is 0 Å². The molecule has 156 valence electrons. The second-order valence-corrected chi connectivity index (χ2v) is 6.88. The molecule has 0 saturated heterocycles. The van der Waals surface area contributed by atoms with Crippen molar-refractivity contribution < 1.29 is 23.1 Å². The van der Waals surface area contributed by atoms with Gasteiger partial charge in [-0.1, -0.05) is 19.1 Å². The van der Waals surface area contributed by atoms with E-state index in [1.165, 1.54) is 41.3 Å². The topological polar surface area (TPSA) is 58.6 Å². The van der Waals surface area contributed by atoms with Crippen LogP contribution in [0.4, 0.5) is 8.78 Å². The van der Waals surface area contributed by atoms with E-state index in [4.69, 9.17) is 4.74 Å². The van der Waals surface area contributed by atoms with Crippen LogP contribution < -0.4 is 10.1 Å². The van der Waals surface area contributed by atoms with Gasteiger partial charge in [0.1, 0.15) is 23.4 Å². The van der Waals surface area contributed by atoms with Crippen LogP contribution in [0.15, 0.2) is 48.5 Å². The molecule has 0 unspecified atom stereocenters. The molecule has 0 aliphatic heterocycles. The predicted molar refractivity (Wildman–Crippen MR) is 106 cm³/mol. The number of benzene rings is 2. The predicted octanol–water partition coefficient (Wildman–Crippen LogP) is 3.68. The van der Waals surface area contributed by atoms with Crippen molar-refractivity contribution in [3.8, 4) is 5.75 Å². The highest BCUT2D eigenvalue weighted by Gasteiger charge is 2.27. The van der Waals surface area contributed by atoms with Gasteiger partial charge in [0.25, 0.3) is 5.91 Å². The van der Waals surface area contributed by atoms with E-state index in [0.29, 0.717) is 11.3 Å². The Morgan fingerprint density at radius 2 is 1.55 bits per heavy atom. The molecule has 2 aromatic rings. The second kappa shape index (κ2) is 10.5. The molecule has 2 atom stereocenters. The zero-order valence-corrected chi connectivity index (χ0v) is 16.8. The lowest BCUT2D eigenvalue weighted by Gasteiger charge is -2.29. The van der Waals surface area contributed by atoms with Gasteiger partial charge in [-0.15, -0.1) is 0 Å². The van der Waals surface area contributed by atoms with Crippen LogP contribution in [0, 0.1) is 11.6 Å². The van der Waals surface area contributed by atoms with Gasteiger partial charge < -0.3 is 15.0 Å². The van der Waals surface area contributed by atoms with E-state index in [2.05, 4.69) is 5.32 Å². The molecule has 1 N–H and O–H groups in total. The largest absolute Gasteiger partial charge is 0.484 e. The molecular formula is C22H26F2N2O3. The Morgan fingerprint density at radius 3 is 2.10 bits per heavy atom. The Hall–Kier alpha value is -2.96. The summed E-state index contributed by atoms with van der Waals surface area (Å²) in [5.74, 6) is -1.13. The standard InChI is InChI=1S/C22H26F2N2O3/c1-4-15(2)25-22(28)16(3)26(13-17-5-7-18(23)8-6-17)21(27)14-29-20-11-9-19(24)10-12-20/h5-12,15-16H,4,13-14H2,1-3H3,(H,25,28)/t15-,16+/m0/s1. The summed E-state index contributed by atoms with van der Waals surface area (Å²) in [5, 5.41) is 2.86. The summed E-state index contributed by atoms with van der Waals surface area (Å²) in [6.07, 6.45) is 0.762. The van der Waals surface area contributed by atoms with Crippen molar-refractivity contribution in [3.63, 3.8) is 0 Å². The number of ether oxygens (including phenoxy) is 1. The molecule has 2 aromatic carbocycles. The molecule has 0 radical (unpaired) electrons. The van der Waals surface area contributed by atoms with Crippen molar-refractivity contribution in [2.45, 2.75) is 45.8 Å². The van der Waals surface area contributed by atoms with Crippen LogP contribution in [0.5, 0.6) is 5.75 Å². The summed E-state index contributed by atoms with van der Waals surface area (Å²) in [5.41, 5.74) is 0.685. The van der Waals surface area contributed by atoms with Gasteiger partial charge in [0.2, 0.25) is 5.91 Å². The molecule has 0 aromatic heterocycles. The third-order valence-electron chi connectivity index (χ3n) is 4.61. The fraction of sp³-hybridized carbons (Fsp3) is 0.364. The molecule has 0 aliphatic carbocycles. The monoisotopic (exact) mass is 404 g/mol. The van der Waals surface area contributed by atoms with Crippen molar-refractivity contribution in [1.29, 1.82) is 0 Å². The first-order valence-electron chi connectivity index (χ1n) is 9.52. The third kappa shape index (κ3) is 6.85. The van der Waals surface area contributed by atoms with Gasteiger partial charge in [-0.2, -0.15) is 0 Å². The van der Waals surface area contributed by atoms with Crippen molar-refractivity contribution in [2.24, 2.45) is 0 Å². The number of nitrogens with one attached hydrogen (secondary N) is 1. The molecule has 0 heterocycles. The van der Waals surface area contributed by atoms with E-state index in [1.54, 1.807) is 19.1 Å². The number of hydrogen-bond acceptors (Lipinski definition) is 3. The van der Waals surface area contributed by atoms with Gasteiger partial charge in [0.05, 0.1) is 0 Å². The van der Waals surface area contributed by atoms with Crippen LogP contribution in [0.3, 0.4) is 0 Å². The average molecular weight is 404 g/mol. The first kappa shape index (κ1) is 22.3. The van der Waals surface area contributed by atoms with Crippen LogP contribution in [0.2, 0.25) is 0 Å². The Kier molecular flexibility index (Phi) is 8.12. The lowest BCUT2D eigenvalue weighted by molar-refractivity contribution is -0.142. The molecule has 2 amide bonds. The van der Waals surface area contributed by atoms with Crippen LogP contribution in [-0.4, -0.2) is 35.4 Å². The van der Waals surface area contributed by atoms with E-state index in [1.807, 2.05) is 13.8 Å². The maximum absolute atomic E-state index is 13.2. The fourth-order valence-corrected chi connectivity index (χ4v) is 2.59. The number of halogens is 2. The van der Waals surface area contributed by atoms with Gasteiger partial charge in [-0.05, 0) is 62.2 Å². The smallest absolute Gasteiger partial charge is 0.261 e. The van der Waals surface area contributed by atoms with Crippen LogP contribution in [-0.2, 0) is 16.1 Å². The number of amides is 2. The SMILES string of the molecule is CC[C@H](C)NC(=O)[C@@H](C)N(Cc1ccc(F)cc1)C(=O)COc1ccc(F)cc1. The Labute approximate surface area is 169 Å². The van der Waals surface area contributed by atoms with Crippen molar-refractivity contribution >= 4 is 11.8 Å². The summed E-state index contributed by atoms with van der Waals surface area (Å²) in [6.45, 7) is 5.29. The van der Waals surface area contributed by atoms with Gasteiger partial charge in [0.15, 0.2) is 6.61 Å². The van der Waals surface area contributed by atoms with E-state index < -0.39 is 17.8 Å². The lowest BCUT2D eigenvalue weighted by atomic mass is 10.1. The average Bonchev–Trinajstić information content (AvgIpc) is 2.72. The summed E-state index contributed by atoms with van der Waals surface area (Å²) >= 11 is 0. The highest BCUT2D eigenvalue weighted by Crippen LogP contribution is 2.14. The molecule has 5 nitrogen and oxygen atoms in total. The zero-order chi connectivity index (χ0) is 21.4. The van der Waals surface area contributed by atoms with E-state index in [0.717, 1.165) is 6.42 Å². The highest BCUT2D eigenvalue weighted by molar-refractivity contribution is 5.88. The molecule has 0 saturated carbocycles. The number of nitrogens with zero attached hydrogens (tertiary/aromatic N) is 1. The van der Waals surface area contributed by atoms with Crippen molar-refractivity contribution in [1.82, 2.24) is 10.2 Å². The fourth-order valence-electron chi connectivity index (χ4n) is 2.59. The Bertz CT molecular complexity index is 810. The molecule has 29 heavy (non-hydrogen) atoms. The maximum Gasteiger partial charge on any atom is 0.261 e. The molecule has 0 spiro atoms. The highest BCUT2D eigenvalue weighted by atomic mass is 19.1. The number of hydrogen-bond donors (Lipinski definition) is 1. The normalized spacial score (nSPS) is 12.7. The summed E-state index contributed by atoms with van der Waals surface area (Å²) in [6, 6.07) is 10.3. The molecule has 0 bridgehead atoms. The van der Waals surface area contributed by atoms with Crippen molar-refractivity contribution in [2.75, 3.05) is 6.61 Å². The first-order valence-corrected chi connectivity index (χ1v) is 9.52. The van der Waals surface area contributed by atoms with E-state index >= 15 is 0 Å². The minimum atomic E-state index is -0.752. The minimum Gasteiger partial charge on any atom is -0.484 e. The second-order valence-electron chi connectivity index (χ2n) is 6.88. The Morgan fingerprint density at radius 1 is 1.00 bits per heavy atom. The van der Waals surface area contributed by atoms with Crippen LogP contribution in [0.25, 0.3) is 0 Å². The van der Waals surface area contributed by atoms with Gasteiger partial charge in [-0.3, -0.25) is 9.59 Å². The maximum atomic E-state index is 13.2. The quantitative estimate of drug-likeness (QED) is 0.694. The number of rotatable bonds is 9. The van der Waals surface area contributed by atoms with E-state index in [-0.39, 0.29) is 30.9 Å². The summed E-state index contributed by atoms with van der Waals surface area (Å²) in [4.78, 5) is 26.8. The lowest BCUT2D eigenvalue weighted by Crippen LogP contribution is -2.50. The van der Waals surface area contributed by atoms with E-state index in [9.17, 15) is 18.4 Å². The van der Waals surface area contributed by atoms with Gasteiger partial charge >= 0.3 is 0 Å². The molecule has 0 fully saturated rings. The Balaban J connectivity index is 2.13. The number of carbonyl (C=O) groups is 2. The first-order chi connectivity index (χ1) is 13.8. The molecular weight excluding hydrogens is 378 g/mol. The minimum absolute atomic E-state index is 0.0248. The van der Waals surface area contributed by atoms with Gasteiger partial charge in [0, 0.05) is 12.6 Å². The van der Waals surface area contributed by atoms with Crippen molar-refractivity contribution in [3.05, 3.63) is 65.7 Å². The van der Waals surface area contributed by atoms with Crippen LogP contribution in [0.1, 0.15) is 32.8 Å². The zero-order valence-electron chi connectivity index (χ0n) is 16.8. The summed E-state index contributed by atoms with van der Waals surface area (Å²) < 4.78 is 31.7. The number of carbonyl (C=O) groups excluding carboxylic acids is 2. The van der Waals surface area contributed by atoms with Gasteiger partial charge in [-0.25, -0.2) is 8.78 Å². The summed E-state index contributed by atoms with van der Waals surface area (Å²) in [7, 11) is 0. The molecule has 2 rings (SSSR count). The third-order valence-corrected chi connectivity index (χ3v) is 4.61. The molecule has 0 aliphatic rings. The molecule has 7 heteroatoms.